The molecular formula is C17H21N3O. The molecule has 1 heterocycles. The van der Waals surface area contributed by atoms with Gasteiger partial charge in [-0.15, -0.1) is 0 Å². The van der Waals surface area contributed by atoms with Crippen LogP contribution in [0, 0.1) is 0 Å². The molecule has 2 rings (SSSR count). The lowest BCUT2D eigenvalue weighted by Gasteiger charge is -2.15. The molecule has 4 nitrogen and oxygen atoms in total. The Labute approximate surface area is 125 Å². The van der Waals surface area contributed by atoms with Crippen LogP contribution in [0.25, 0.3) is 0 Å². The minimum atomic E-state index is -0.0662. The van der Waals surface area contributed by atoms with Crippen molar-refractivity contribution in [3.05, 3.63) is 65.5 Å². The average molecular weight is 283 g/mol. The number of likely N-dealkylation sites (N-methyl/N-ethyl adjacent to an activating group) is 1. The second-order valence-electron chi connectivity index (χ2n) is 4.99. The summed E-state index contributed by atoms with van der Waals surface area (Å²) in [6, 6.07) is 11.5. The molecule has 0 saturated heterocycles. The number of pyridine rings is 1. The van der Waals surface area contributed by atoms with Crippen molar-refractivity contribution in [2.75, 3.05) is 13.6 Å². The highest BCUT2D eigenvalue weighted by molar-refractivity contribution is 5.95. The Morgan fingerprint density at radius 2 is 2.05 bits per heavy atom. The Morgan fingerprint density at radius 3 is 2.76 bits per heavy atom. The number of aromatic nitrogens is 1. The third-order valence-electron chi connectivity index (χ3n) is 3.44. The molecule has 1 amide bonds. The highest BCUT2D eigenvalue weighted by atomic mass is 16.1. The molecule has 0 saturated carbocycles. The van der Waals surface area contributed by atoms with Gasteiger partial charge in [-0.1, -0.05) is 24.3 Å². The van der Waals surface area contributed by atoms with Gasteiger partial charge in [0.05, 0.1) is 6.04 Å². The van der Waals surface area contributed by atoms with Crippen LogP contribution in [0.4, 0.5) is 0 Å². The van der Waals surface area contributed by atoms with Crippen LogP contribution in [0.3, 0.4) is 0 Å². The van der Waals surface area contributed by atoms with Crippen molar-refractivity contribution in [1.29, 1.82) is 0 Å². The number of nitrogens with zero attached hydrogens (tertiary/aromatic N) is 1. The van der Waals surface area contributed by atoms with E-state index in [4.69, 9.17) is 0 Å². The van der Waals surface area contributed by atoms with E-state index in [-0.39, 0.29) is 11.9 Å². The maximum absolute atomic E-state index is 12.5. The van der Waals surface area contributed by atoms with E-state index in [1.807, 2.05) is 50.4 Å². The van der Waals surface area contributed by atoms with Crippen LogP contribution in [-0.2, 0) is 6.42 Å². The van der Waals surface area contributed by atoms with E-state index in [9.17, 15) is 4.79 Å². The van der Waals surface area contributed by atoms with Crippen molar-refractivity contribution in [2.45, 2.75) is 19.4 Å². The van der Waals surface area contributed by atoms with Gasteiger partial charge in [0.15, 0.2) is 0 Å². The lowest BCUT2D eigenvalue weighted by molar-refractivity contribution is 0.0939. The average Bonchev–Trinajstić information content (AvgIpc) is 2.54. The monoisotopic (exact) mass is 283 g/mol. The third kappa shape index (κ3) is 4.13. The van der Waals surface area contributed by atoms with Crippen molar-refractivity contribution in [3.8, 4) is 0 Å². The van der Waals surface area contributed by atoms with Gasteiger partial charge in [-0.2, -0.15) is 0 Å². The summed E-state index contributed by atoms with van der Waals surface area (Å²) >= 11 is 0. The second-order valence-corrected chi connectivity index (χ2v) is 4.99. The number of amides is 1. The molecule has 1 aromatic heterocycles. The first kappa shape index (κ1) is 15.2. The van der Waals surface area contributed by atoms with E-state index in [0.717, 1.165) is 29.7 Å². The first-order chi connectivity index (χ1) is 10.2. The molecule has 0 aliphatic rings. The van der Waals surface area contributed by atoms with E-state index in [0.29, 0.717) is 0 Å². The number of hydrogen-bond acceptors (Lipinski definition) is 3. The maximum Gasteiger partial charge on any atom is 0.252 e. The van der Waals surface area contributed by atoms with E-state index in [2.05, 4.69) is 15.6 Å². The van der Waals surface area contributed by atoms with E-state index < -0.39 is 0 Å². The van der Waals surface area contributed by atoms with Crippen molar-refractivity contribution in [1.82, 2.24) is 15.6 Å². The fourth-order valence-electron chi connectivity index (χ4n) is 2.21. The number of carbonyl (C=O) groups excluding carboxylic acids is 1. The smallest absolute Gasteiger partial charge is 0.252 e. The van der Waals surface area contributed by atoms with Crippen molar-refractivity contribution in [2.24, 2.45) is 0 Å². The molecule has 0 aliphatic carbocycles. The normalized spacial score (nSPS) is 11.9. The number of nitrogens with one attached hydrogen (secondary N) is 2. The summed E-state index contributed by atoms with van der Waals surface area (Å²) in [6.07, 6.45) is 4.34. The first-order valence-corrected chi connectivity index (χ1v) is 7.15. The fourth-order valence-corrected chi connectivity index (χ4v) is 2.21. The summed E-state index contributed by atoms with van der Waals surface area (Å²) < 4.78 is 0. The van der Waals surface area contributed by atoms with Gasteiger partial charge < -0.3 is 10.6 Å². The zero-order valence-electron chi connectivity index (χ0n) is 12.5. The number of benzene rings is 1. The minimum Gasteiger partial charge on any atom is -0.345 e. The number of hydrogen-bond donors (Lipinski definition) is 2. The van der Waals surface area contributed by atoms with Gasteiger partial charge in [0.1, 0.15) is 0 Å². The molecule has 0 spiro atoms. The van der Waals surface area contributed by atoms with Gasteiger partial charge in [0, 0.05) is 18.0 Å². The molecule has 4 heteroatoms. The molecule has 1 aromatic carbocycles. The topological polar surface area (TPSA) is 54.0 Å². The fraction of sp³-hybridized carbons (Fsp3) is 0.294. The maximum atomic E-state index is 12.5. The van der Waals surface area contributed by atoms with Gasteiger partial charge in [-0.05, 0) is 50.2 Å². The van der Waals surface area contributed by atoms with Crippen LogP contribution >= 0.6 is 0 Å². The molecule has 0 radical (unpaired) electrons. The first-order valence-electron chi connectivity index (χ1n) is 7.15. The van der Waals surface area contributed by atoms with Crippen LogP contribution in [-0.4, -0.2) is 24.5 Å². The van der Waals surface area contributed by atoms with E-state index in [1.165, 1.54) is 0 Å². The van der Waals surface area contributed by atoms with Crippen molar-refractivity contribution >= 4 is 5.91 Å². The molecule has 0 fully saturated rings. The van der Waals surface area contributed by atoms with Crippen LogP contribution < -0.4 is 10.6 Å². The number of carbonyl (C=O) groups is 1. The largest absolute Gasteiger partial charge is 0.345 e. The molecule has 2 N–H and O–H groups in total. The predicted octanol–water partition coefficient (Wildman–Crippen LogP) is 2.33. The Morgan fingerprint density at radius 1 is 1.24 bits per heavy atom. The molecular weight excluding hydrogens is 262 g/mol. The van der Waals surface area contributed by atoms with Crippen molar-refractivity contribution < 1.29 is 4.79 Å². The van der Waals surface area contributed by atoms with Crippen LogP contribution in [0.15, 0.2) is 48.8 Å². The third-order valence-corrected chi connectivity index (χ3v) is 3.44. The molecule has 0 aliphatic heterocycles. The van der Waals surface area contributed by atoms with Gasteiger partial charge in [-0.3, -0.25) is 9.78 Å². The molecule has 0 bridgehead atoms. The lowest BCUT2D eigenvalue weighted by Crippen LogP contribution is -2.28. The van der Waals surface area contributed by atoms with E-state index in [1.54, 1.807) is 12.4 Å². The zero-order valence-corrected chi connectivity index (χ0v) is 12.5. The van der Waals surface area contributed by atoms with E-state index >= 15 is 0 Å². The molecule has 2 aromatic rings. The molecule has 21 heavy (non-hydrogen) atoms. The number of rotatable bonds is 6. The van der Waals surface area contributed by atoms with Gasteiger partial charge in [0.2, 0.25) is 0 Å². The van der Waals surface area contributed by atoms with Crippen LogP contribution in [0.5, 0.6) is 0 Å². The second kappa shape index (κ2) is 7.55. The standard InChI is InChI=1S/C17H21N3O/c1-13(15-7-5-10-19-12-15)20-17(21)16-8-4-3-6-14(16)9-11-18-2/h3-8,10,12-13,18H,9,11H2,1-2H3,(H,20,21)/t13-/m0/s1. The quantitative estimate of drug-likeness (QED) is 0.855. The minimum absolute atomic E-state index is 0.0435. The Balaban J connectivity index is 2.10. The predicted molar refractivity (Wildman–Crippen MR) is 84.2 cm³/mol. The summed E-state index contributed by atoms with van der Waals surface area (Å²) in [7, 11) is 1.91. The van der Waals surface area contributed by atoms with Crippen LogP contribution in [0.2, 0.25) is 0 Å². The molecule has 0 unspecified atom stereocenters. The zero-order chi connectivity index (χ0) is 15.1. The van der Waals surface area contributed by atoms with Crippen LogP contribution in [0.1, 0.15) is 34.5 Å². The highest BCUT2D eigenvalue weighted by Gasteiger charge is 2.14. The molecule has 1 atom stereocenters. The van der Waals surface area contributed by atoms with Gasteiger partial charge in [-0.25, -0.2) is 0 Å². The lowest BCUT2D eigenvalue weighted by atomic mass is 10.0. The summed E-state index contributed by atoms with van der Waals surface area (Å²) in [4.78, 5) is 16.5. The van der Waals surface area contributed by atoms with Crippen molar-refractivity contribution in [3.63, 3.8) is 0 Å². The summed E-state index contributed by atoms with van der Waals surface area (Å²) in [5.74, 6) is -0.0435. The summed E-state index contributed by atoms with van der Waals surface area (Å²) in [6.45, 7) is 2.81. The highest BCUT2D eigenvalue weighted by Crippen LogP contribution is 2.14. The Hall–Kier alpha value is -2.20. The SMILES string of the molecule is CNCCc1ccccc1C(=O)N[C@@H](C)c1cccnc1. The van der Waals surface area contributed by atoms with Gasteiger partial charge >= 0.3 is 0 Å². The summed E-state index contributed by atoms with van der Waals surface area (Å²) in [5.41, 5.74) is 2.80. The Bertz CT molecular complexity index is 584. The molecule has 110 valence electrons. The van der Waals surface area contributed by atoms with Gasteiger partial charge in [0.25, 0.3) is 5.91 Å². The Kier molecular flexibility index (Phi) is 5.46. The summed E-state index contributed by atoms with van der Waals surface area (Å²) in [5, 5.41) is 6.14.